The van der Waals surface area contributed by atoms with Crippen molar-refractivity contribution in [3.05, 3.63) is 78.5 Å². The SMILES string of the molecule is CCOc1cc2c(Oc3ccc(NC(=O)C4(C(=O)Nc5ccc(F)cc5)CC4)cc3F)ccnc2cc1OCCCC(=O)O. The molecule has 1 aromatic heterocycles. The van der Waals surface area contributed by atoms with Gasteiger partial charge in [0.05, 0.1) is 18.7 Å². The third-order valence-corrected chi connectivity index (χ3v) is 6.99. The van der Waals surface area contributed by atoms with Gasteiger partial charge in [0.1, 0.15) is 17.0 Å². The summed E-state index contributed by atoms with van der Waals surface area (Å²) in [4.78, 5) is 41.0. The van der Waals surface area contributed by atoms with Crippen molar-refractivity contribution in [3.63, 3.8) is 0 Å². The van der Waals surface area contributed by atoms with Crippen molar-refractivity contribution in [1.29, 1.82) is 0 Å². The minimum Gasteiger partial charge on any atom is -0.490 e. The van der Waals surface area contributed by atoms with E-state index < -0.39 is 34.8 Å². The maximum atomic E-state index is 15.2. The van der Waals surface area contributed by atoms with Crippen LogP contribution in [-0.2, 0) is 14.4 Å². The maximum absolute atomic E-state index is 15.2. The normalized spacial score (nSPS) is 13.2. The van der Waals surface area contributed by atoms with E-state index >= 15 is 4.39 Å². The predicted octanol–water partition coefficient (Wildman–Crippen LogP) is 6.31. The van der Waals surface area contributed by atoms with Crippen molar-refractivity contribution < 1.29 is 42.5 Å². The van der Waals surface area contributed by atoms with Crippen LogP contribution < -0.4 is 24.8 Å². The van der Waals surface area contributed by atoms with Crippen LogP contribution in [0, 0.1) is 17.0 Å². The molecule has 2 amide bonds. The first kappa shape index (κ1) is 30.2. The Bertz CT molecular complexity index is 1710. The van der Waals surface area contributed by atoms with Gasteiger partial charge in [-0.2, -0.15) is 0 Å². The summed E-state index contributed by atoms with van der Waals surface area (Å²) in [6.45, 7) is 2.31. The number of anilines is 2. The molecule has 4 aromatic rings. The average Bonchev–Trinajstić information content (AvgIpc) is 3.81. The summed E-state index contributed by atoms with van der Waals surface area (Å²) in [5.74, 6) is -2.26. The molecule has 0 saturated heterocycles. The number of amides is 2. The number of benzene rings is 3. The number of carboxylic acids is 1. The van der Waals surface area contributed by atoms with Crippen molar-refractivity contribution >= 4 is 40.1 Å². The molecule has 0 aliphatic heterocycles. The molecular weight excluding hydrogens is 576 g/mol. The number of hydrogen-bond donors (Lipinski definition) is 3. The fraction of sp³-hybridized carbons (Fsp3) is 0.250. The summed E-state index contributed by atoms with van der Waals surface area (Å²) in [7, 11) is 0. The first-order valence-electron chi connectivity index (χ1n) is 13.9. The van der Waals surface area contributed by atoms with E-state index in [1.165, 1.54) is 42.6 Å². The number of carbonyl (C=O) groups excluding carboxylic acids is 2. The molecule has 228 valence electrons. The fourth-order valence-corrected chi connectivity index (χ4v) is 4.50. The number of halogens is 2. The van der Waals surface area contributed by atoms with Gasteiger partial charge >= 0.3 is 5.97 Å². The van der Waals surface area contributed by atoms with Crippen molar-refractivity contribution in [1.82, 2.24) is 4.98 Å². The number of nitrogens with zero attached hydrogens (tertiary/aromatic N) is 1. The third kappa shape index (κ3) is 6.86. The van der Waals surface area contributed by atoms with Crippen LogP contribution in [0.2, 0.25) is 0 Å². The van der Waals surface area contributed by atoms with Gasteiger partial charge in [-0.15, -0.1) is 0 Å². The molecule has 5 rings (SSSR count). The highest BCUT2D eigenvalue weighted by atomic mass is 19.1. The molecule has 0 unspecified atom stereocenters. The topological polar surface area (TPSA) is 136 Å². The van der Waals surface area contributed by atoms with Gasteiger partial charge in [-0.1, -0.05) is 0 Å². The molecule has 1 aliphatic rings. The molecule has 12 heteroatoms. The smallest absolute Gasteiger partial charge is 0.303 e. The van der Waals surface area contributed by atoms with Gasteiger partial charge in [0.2, 0.25) is 11.8 Å². The van der Waals surface area contributed by atoms with Crippen LogP contribution in [-0.4, -0.2) is 41.1 Å². The lowest BCUT2D eigenvalue weighted by molar-refractivity contribution is -0.137. The number of pyridine rings is 1. The quantitative estimate of drug-likeness (QED) is 0.119. The van der Waals surface area contributed by atoms with E-state index in [9.17, 15) is 18.8 Å². The number of rotatable bonds is 13. The fourth-order valence-electron chi connectivity index (χ4n) is 4.50. The van der Waals surface area contributed by atoms with E-state index in [2.05, 4.69) is 15.6 Å². The first-order chi connectivity index (χ1) is 21.2. The summed E-state index contributed by atoms with van der Waals surface area (Å²) in [5.41, 5.74) is -0.312. The Labute approximate surface area is 251 Å². The van der Waals surface area contributed by atoms with Gasteiger partial charge < -0.3 is 30.0 Å². The molecule has 1 saturated carbocycles. The Hall–Kier alpha value is -5.26. The molecule has 1 fully saturated rings. The molecule has 3 N–H and O–H groups in total. The Balaban J connectivity index is 1.29. The second-order valence-corrected chi connectivity index (χ2v) is 10.1. The zero-order chi connectivity index (χ0) is 31.3. The van der Waals surface area contributed by atoms with E-state index in [0.717, 1.165) is 6.07 Å². The Morgan fingerprint density at radius 2 is 1.55 bits per heavy atom. The van der Waals surface area contributed by atoms with Crippen LogP contribution in [0.4, 0.5) is 20.2 Å². The van der Waals surface area contributed by atoms with Crippen molar-refractivity contribution in [3.8, 4) is 23.0 Å². The van der Waals surface area contributed by atoms with Gasteiger partial charge in [-0.25, -0.2) is 8.78 Å². The van der Waals surface area contributed by atoms with Crippen molar-refractivity contribution in [2.24, 2.45) is 5.41 Å². The highest BCUT2D eigenvalue weighted by Gasteiger charge is 2.56. The van der Waals surface area contributed by atoms with Gasteiger partial charge in [0, 0.05) is 41.5 Å². The highest BCUT2D eigenvalue weighted by molar-refractivity contribution is 6.16. The van der Waals surface area contributed by atoms with E-state index in [4.69, 9.17) is 19.3 Å². The first-order valence-corrected chi connectivity index (χ1v) is 13.9. The lowest BCUT2D eigenvalue weighted by Crippen LogP contribution is -2.35. The number of nitrogens with one attached hydrogen (secondary N) is 2. The van der Waals surface area contributed by atoms with Gasteiger partial charge in [-0.3, -0.25) is 19.4 Å². The van der Waals surface area contributed by atoms with Crippen molar-refractivity contribution in [2.75, 3.05) is 23.8 Å². The largest absolute Gasteiger partial charge is 0.490 e. The number of carbonyl (C=O) groups is 3. The second kappa shape index (κ2) is 12.9. The Morgan fingerprint density at radius 1 is 0.864 bits per heavy atom. The summed E-state index contributed by atoms with van der Waals surface area (Å²) >= 11 is 0. The lowest BCUT2D eigenvalue weighted by Gasteiger charge is -2.16. The van der Waals surface area contributed by atoms with Crippen LogP contribution in [0.5, 0.6) is 23.0 Å². The number of hydrogen-bond acceptors (Lipinski definition) is 7. The van der Waals surface area contributed by atoms with Crippen LogP contribution in [0.1, 0.15) is 32.6 Å². The molecule has 1 heterocycles. The molecule has 0 spiro atoms. The van der Waals surface area contributed by atoms with Gasteiger partial charge in [0.15, 0.2) is 23.1 Å². The number of fused-ring (bicyclic) bond motifs is 1. The van der Waals surface area contributed by atoms with Crippen molar-refractivity contribution in [2.45, 2.75) is 32.6 Å². The van der Waals surface area contributed by atoms with E-state index in [0.29, 0.717) is 59.7 Å². The van der Waals surface area contributed by atoms with Crippen LogP contribution >= 0.6 is 0 Å². The monoisotopic (exact) mass is 605 g/mol. The minimum atomic E-state index is -1.30. The lowest BCUT2D eigenvalue weighted by atomic mass is 10.0. The maximum Gasteiger partial charge on any atom is 0.303 e. The summed E-state index contributed by atoms with van der Waals surface area (Å²) in [6, 6.07) is 14.0. The summed E-state index contributed by atoms with van der Waals surface area (Å²) < 4.78 is 45.7. The molecular formula is C32H29F2N3O7. The predicted molar refractivity (Wildman–Crippen MR) is 157 cm³/mol. The molecule has 44 heavy (non-hydrogen) atoms. The number of aromatic nitrogens is 1. The average molecular weight is 606 g/mol. The van der Waals surface area contributed by atoms with Crippen LogP contribution in [0.15, 0.2) is 66.9 Å². The zero-order valence-corrected chi connectivity index (χ0v) is 23.7. The molecule has 0 bridgehead atoms. The molecule has 1 aliphatic carbocycles. The van der Waals surface area contributed by atoms with E-state index in [1.54, 1.807) is 25.1 Å². The third-order valence-electron chi connectivity index (χ3n) is 6.99. The minimum absolute atomic E-state index is 0.0322. The van der Waals surface area contributed by atoms with E-state index in [-0.39, 0.29) is 24.5 Å². The summed E-state index contributed by atoms with van der Waals surface area (Å²) in [5, 5.41) is 14.6. The zero-order valence-electron chi connectivity index (χ0n) is 23.7. The summed E-state index contributed by atoms with van der Waals surface area (Å²) in [6.07, 6.45) is 2.42. The Kier molecular flexibility index (Phi) is 8.88. The highest BCUT2D eigenvalue weighted by Crippen LogP contribution is 2.47. The molecule has 0 radical (unpaired) electrons. The van der Waals surface area contributed by atoms with Crippen LogP contribution in [0.25, 0.3) is 10.9 Å². The number of carboxylic acid groups (broad SMARTS) is 1. The number of aliphatic carboxylic acids is 1. The molecule has 3 aromatic carbocycles. The van der Waals surface area contributed by atoms with E-state index in [1.807, 2.05) is 0 Å². The van der Waals surface area contributed by atoms with Crippen LogP contribution in [0.3, 0.4) is 0 Å². The molecule has 0 atom stereocenters. The van der Waals surface area contributed by atoms with Gasteiger partial charge in [0.25, 0.3) is 0 Å². The standard InChI is InChI=1S/C32H29F2N3O7/c1-2-42-27-17-22-24(18-28(27)43-15-3-4-29(38)39)35-14-11-25(22)44-26-10-9-21(16-23(26)34)37-31(41)32(12-13-32)30(40)36-20-7-5-19(33)6-8-20/h5-11,14,16-18H,2-4,12-13,15H2,1H3,(H,36,40)(H,37,41)(H,38,39). The molecule has 10 nitrogen and oxygen atoms in total. The Morgan fingerprint density at radius 3 is 2.20 bits per heavy atom. The second-order valence-electron chi connectivity index (χ2n) is 10.1. The van der Waals surface area contributed by atoms with Gasteiger partial charge in [-0.05, 0) is 74.7 Å². The number of ether oxygens (including phenoxy) is 3.